The fourth-order valence-electron chi connectivity index (χ4n) is 3.14. The molecule has 0 spiro atoms. The highest BCUT2D eigenvalue weighted by Gasteiger charge is 2.25. The van der Waals surface area contributed by atoms with Crippen LogP contribution in [0.25, 0.3) is 0 Å². The minimum atomic E-state index is 0.499. The Labute approximate surface area is 138 Å². The van der Waals surface area contributed by atoms with Crippen molar-refractivity contribution in [3.8, 4) is 0 Å². The molecule has 1 unspecified atom stereocenters. The van der Waals surface area contributed by atoms with Gasteiger partial charge in [0, 0.05) is 37.1 Å². The minimum Gasteiger partial charge on any atom is -0.297 e. The normalized spacial score (nSPS) is 20.2. The summed E-state index contributed by atoms with van der Waals surface area (Å²) in [6.07, 6.45) is 2.14. The first-order valence-electron chi connectivity index (χ1n) is 7.87. The van der Waals surface area contributed by atoms with E-state index in [2.05, 4.69) is 77.7 Å². The summed E-state index contributed by atoms with van der Waals surface area (Å²) < 4.78 is 0. The Morgan fingerprint density at radius 2 is 1.86 bits per heavy atom. The van der Waals surface area contributed by atoms with Crippen molar-refractivity contribution in [1.82, 2.24) is 9.80 Å². The zero-order chi connectivity index (χ0) is 15.4. The van der Waals surface area contributed by atoms with Crippen LogP contribution in [0, 0.1) is 0 Å². The SMILES string of the molecule is CSc1cccc(CN2CCN(C)C(c3ccccc3)C2)c1. The van der Waals surface area contributed by atoms with E-state index in [1.54, 1.807) is 0 Å². The molecule has 0 aliphatic carbocycles. The van der Waals surface area contributed by atoms with Gasteiger partial charge in [-0.3, -0.25) is 9.80 Å². The first-order valence-corrected chi connectivity index (χ1v) is 9.09. The number of rotatable bonds is 4. The Kier molecular flexibility index (Phi) is 5.19. The standard InChI is InChI=1S/C19H24N2S/c1-20-11-12-21(14-16-7-6-10-18(13-16)22-2)15-19(20)17-8-4-3-5-9-17/h3-10,13,19H,11-12,14-15H2,1-2H3. The molecule has 116 valence electrons. The maximum atomic E-state index is 2.58. The molecule has 2 aromatic carbocycles. The molecule has 3 rings (SSSR count). The van der Waals surface area contributed by atoms with Crippen molar-refractivity contribution in [2.24, 2.45) is 0 Å². The van der Waals surface area contributed by atoms with Crippen molar-refractivity contribution in [1.29, 1.82) is 0 Å². The monoisotopic (exact) mass is 312 g/mol. The van der Waals surface area contributed by atoms with Crippen LogP contribution in [-0.2, 0) is 6.54 Å². The van der Waals surface area contributed by atoms with Crippen molar-refractivity contribution < 1.29 is 0 Å². The molecule has 2 aromatic rings. The minimum absolute atomic E-state index is 0.499. The second-order valence-electron chi connectivity index (χ2n) is 5.99. The van der Waals surface area contributed by atoms with Crippen LogP contribution < -0.4 is 0 Å². The molecule has 22 heavy (non-hydrogen) atoms. The van der Waals surface area contributed by atoms with E-state index in [0.29, 0.717) is 6.04 Å². The van der Waals surface area contributed by atoms with E-state index < -0.39 is 0 Å². The van der Waals surface area contributed by atoms with Crippen molar-refractivity contribution >= 4 is 11.8 Å². The molecule has 1 aliphatic heterocycles. The van der Waals surface area contributed by atoms with Gasteiger partial charge in [0.05, 0.1) is 0 Å². The highest BCUT2D eigenvalue weighted by atomic mass is 32.2. The summed E-state index contributed by atoms with van der Waals surface area (Å²) >= 11 is 1.82. The molecule has 0 aromatic heterocycles. The lowest BCUT2D eigenvalue weighted by atomic mass is 10.0. The quantitative estimate of drug-likeness (QED) is 0.791. The fourth-order valence-corrected chi connectivity index (χ4v) is 3.62. The molecular weight excluding hydrogens is 288 g/mol. The van der Waals surface area contributed by atoms with E-state index in [1.165, 1.54) is 16.0 Å². The van der Waals surface area contributed by atoms with Gasteiger partial charge in [0.2, 0.25) is 0 Å². The predicted octanol–water partition coefficient (Wildman–Crippen LogP) is 3.90. The topological polar surface area (TPSA) is 6.48 Å². The third kappa shape index (κ3) is 3.72. The number of hydrogen-bond acceptors (Lipinski definition) is 3. The Balaban J connectivity index is 1.70. The molecule has 3 heteroatoms. The molecule has 1 heterocycles. The van der Waals surface area contributed by atoms with E-state index in [9.17, 15) is 0 Å². The Hall–Kier alpha value is -1.29. The second kappa shape index (κ2) is 7.32. The maximum Gasteiger partial charge on any atom is 0.0472 e. The lowest BCUT2D eigenvalue weighted by Gasteiger charge is -2.39. The Morgan fingerprint density at radius 1 is 1.05 bits per heavy atom. The van der Waals surface area contributed by atoms with E-state index in [0.717, 1.165) is 26.2 Å². The summed E-state index contributed by atoms with van der Waals surface area (Å²) in [6, 6.07) is 20.3. The zero-order valence-corrected chi connectivity index (χ0v) is 14.2. The largest absolute Gasteiger partial charge is 0.297 e. The van der Waals surface area contributed by atoms with Crippen molar-refractivity contribution in [2.45, 2.75) is 17.5 Å². The lowest BCUT2D eigenvalue weighted by molar-refractivity contribution is 0.0904. The number of piperazine rings is 1. The van der Waals surface area contributed by atoms with E-state index in [4.69, 9.17) is 0 Å². The van der Waals surface area contributed by atoms with Gasteiger partial charge in [0.1, 0.15) is 0 Å². The average molecular weight is 312 g/mol. The number of hydrogen-bond donors (Lipinski definition) is 0. The maximum absolute atomic E-state index is 2.58. The fraction of sp³-hybridized carbons (Fsp3) is 0.368. The van der Waals surface area contributed by atoms with Gasteiger partial charge in [0.15, 0.2) is 0 Å². The second-order valence-corrected chi connectivity index (χ2v) is 6.87. The summed E-state index contributed by atoms with van der Waals surface area (Å²) in [7, 11) is 2.24. The first-order chi connectivity index (χ1) is 10.8. The number of likely N-dealkylation sites (N-methyl/N-ethyl adjacent to an activating group) is 1. The average Bonchev–Trinajstić information content (AvgIpc) is 2.57. The molecule has 2 nitrogen and oxygen atoms in total. The third-order valence-corrected chi connectivity index (χ3v) is 5.18. The van der Waals surface area contributed by atoms with Gasteiger partial charge in [-0.15, -0.1) is 11.8 Å². The van der Waals surface area contributed by atoms with Crippen LogP contribution in [0.5, 0.6) is 0 Å². The molecule has 0 radical (unpaired) electrons. The molecule has 0 N–H and O–H groups in total. The van der Waals surface area contributed by atoms with Gasteiger partial charge >= 0.3 is 0 Å². The lowest BCUT2D eigenvalue weighted by Crippen LogP contribution is -2.46. The summed E-state index contributed by atoms with van der Waals surface area (Å²) in [5, 5.41) is 0. The molecule has 1 fully saturated rings. The molecular formula is C19H24N2S. The van der Waals surface area contributed by atoms with Crippen LogP contribution in [-0.4, -0.2) is 42.7 Å². The van der Waals surface area contributed by atoms with Crippen LogP contribution >= 0.6 is 11.8 Å². The molecule has 0 amide bonds. The number of nitrogens with zero attached hydrogens (tertiary/aromatic N) is 2. The molecule has 0 bridgehead atoms. The molecule has 1 aliphatic rings. The van der Waals surface area contributed by atoms with Crippen LogP contribution in [0.4, 0.5) is 0 Å². The highest BCUT2D eigenvalue weighted by molar-refractivity contribution is 7.98. The van der Waals surface area contributed by atoms with Crippen LogP contribution in [0.3, 0.4) is 0 Å². The van der Waals surface area contributed by atoms with Crippen molar-refractivity contribution in [3.05, 3.63) is 65.7 Å². The van der Waals surface area contributed by atoms with Crippen molar-refractivity contribution in [2.75, 3.05) is 32.9 Å². The summed E-state index contributed by atoms with van der Waals surface area (Å²) in [4.78, 5) is 6.41. The Morgan fingerprint density at radius 3 is 2.64 bits per heavy atom. The molecule has 0 saturated carbocycles. The van der Waals surface area contributed by atoms with Gasteiger partial charge in [-0.05, 0) is 36.6 Å². The predicted molar refractivity (Wildman–Crippen MR) is 95.3 cm³/mol. The highest BCUT2D eigenvalue weighted by Crippen LogP contribution is 2.25. The van der Waals surface area contributed by atoms with E-state index >= 15 is 0 Å². The third-order valence-electron chi connectivity index (χ3n) is 4.46. The van der Waals surface area contributed by atoms with Gasteiger partial charge in [0.25, 0.3) is 0 Å². The first kappa shape index (κ1) is 15.6. The summed E-state index contributed by atoms with van der Waals surface area (Å²) in [5.41, 5.74) is 2.84. The van der Waals surface area contributed by atoms with Crippen LogP contribution in [0.1, 0.15) is 17.2 Å². The Bertz CT molecular complexity index is 599. The number of thioether (sulfide) groups is 1. The van der Waals surface area contributed by atoms with Crippen molar-refractivity contribution in [3.63, 3.8) is 0 Å². The summed E-state index contributed by atoms with van der Waals surface area (Å²) in [5.74, 6) is 0. The van der Waals surface area contributed by atoms with Gasteiger partial charge in [-0.1, -0.05) is 42.5 Å². The van der Waals surface area contributed by atoms with E-state index in [1.807, 2.05) is 11.8 Å². The van der Waals surface area contributed by atoms with Gasteiger partial charge in [-0.2, -0.15) is 0 Å². The number of benzene rings is 2. The van der Waals surface area contributed by atoms with Gasteiger partial charge < -0.3 is 0 Å². The van der Waals surface area contributed by atoms with E-state index in [-0.39, 0.29) is 0 Å². The van der Waals surface area contributed by atoms with Crippen LogP contribution in [0.15, 0.2) is 59.5 Å². The zero-order valence-electron chi connectivity index (χ0n) is 13.4. The summed E-state index contributed by atoms with van der Waals surface area (Å²) in [6.45, 7) is 4.42. The van der Waals surface area contributed by atoms with Gasteiger partial charge in [-0.25, -0.2) is 0 Å². The van der Waals surface area contributed by atoms with Crippen LogP contribution in [0.2, 0.25) is 0 Å². The molecule has 1 saturated heterocycles. The smallest absolute Gasteiger partial charge is 0.0472 e. The molecule has 1 atom stereocenters.